The molecule has 0 aliphatic carbocycles. The van der Waals surface area contributed by atoms with Crippen LogP contribution in [0.2, 0.25) is 0 Å². The summed E-state index contributed by atoms with van der Waals surface area (Å²) in [7, 11) is 5.21. The van der Waals surface area contributed by atoms with Gasteiger partial charge in [0.05, 0.1) is 5.70 Å². The van der Waals surface area contributed by atoms with Gasteiger partial charge in [-0.3, -0.25) is 15.1 Å². The van der Waals surface area contributed by atoms with Crippen molar-refractivity contribution in [2.75, 3.05) is 46.1 Å². The minimum Gasteiger partial charge on any atom is -0.444 e. The molecule has 4 N–H and O–H groups in total. The summed E-state index contributed by atoms with van der Waals surface area (Å²) in [6, 6.07) is 2.74. The summed E-state index contributed by atoms with van der Waals surface area (Å²) in [4.78, 5) is 32.7. The number of alkyl halides is 3. The van der Waals surface area contributed by atoms with Crippen molar-refractivity contribution in [1.29, 1.82) is 5.41 Å². The molecule has 11 nitrogen and oxygen atoms in total. The minimum atomic E-state index is -4.33. The average Bonchev–Trinajstić information content (AvgIpc) is 3.43. The third kappa shape index (κ3) is 7.21. The number of hydrogen-bond acceptors (Lipinski definition) is 9. The van der Waals surface area contributed by atoms with E-state index in [0.717, 1.165) is 6.26 Å². The fourth-order valence-corrected chi connectivity index (χ4v) is 2.73. The molecule has 3 rings (SSSR count). The Morgan fingerprint density at radius 1 is 1.32 bits per heavy atom. The Bertz CT molecular complexity index is 1040. The monoisotopic (exact) mass is 482 g/mol. The lowest BCUT2D eigenvalue weighted by Crippen LogP contribution is -2.38. The number of amides is 2. The van der Waals surface area contributed by atoms with Gasteiger partial charge in [0.1, 0.15) is 24.3 Å². The number of oxazole rings is 1. The second kappa shape index (κ2) is 11.7. The fourth-order valence-electron chi connectivity index (χ4n) is 2.73. The molecule has 0 aromatic carbocycles. The van der Waals surface area contributed by atoms with E-state index >= 15 is 0 Å². The van der Waals surface area contributed by atoms with Crippen molar-refractivity contribution in [2.24, 2.45) is 0 Å². The molecule has 0 spiro atoms. The molecule has 2 aromatic heterocycles. The van der Waals surface area contributed by atoms with Gasteiger partial charge in [-0.25, -0.2) is 14.8 Å². The van der Waals surface area contributed by atoms with Crippen LogP contribution in [0, 0.1) is 5.41 Å². The van der Waals surface area contributed by atoms with Crippen molar-refractivity contribution in [3.8, 4) is 11.5 Å². The van der Waals surface area contributed by atoms with E-state index < -0.39 is 12.7 Å². The molecule has 0 saturated carbocycles. The van der Waals surface area contributed by atoms with Crippen LogP contribution in [0.1, 0.15) is 10.5 Å². The lowest BCUT2D eigenvalue weighted by molar-refractivity contribution is -0.115. The predicted molar refractivity (Wildman–Crippen MR) is 118 cm³/mol. The summed E-state index contributed by atoms with van der Waals surface area (Å²) in [5.41, 5.74) is 1.13. The first-order valence-electron chi connectivity index (χ1n) is 9.94. The molecule has 1 aliphatic heterocycles. The van der Waals surface area contributed by atoms with E-state index in [1.807, 2.05) is 0 Å². The number of pyridine rings is 1. The molecule has 1 fully saturated rings. The van der Waals surface area contributed by atoms with Crippen molar-refractivity contribution in [1.82, 2.24) is 30.4 Å². The third-order valence-electron chi connectivity index (χ3n) is 4.42. The lowest BCUT2D eigenvalue weighted by Gasteiger charge is -2.18. The number of aromatic nitrogens is 2. The van der Waals surface area contributed by atoms with E-state index in [1.165, 1.54) is 23.2 Å². The molecule has 34 heavy (non-hydrogen) atoms. The number of nitrogens with zero attached hydrogens (tertiary/aromatic N) is 4. The Hall–Kier alpha value is -4.10. The number of rotatable bonds is 7. The van der Waals surface area contributed by atoms with E-state index in [-0.39, 0.29) is 29.3 Å². The first-order valence-corrected chi connectivity index (χ1v) is 9.94. The van der Waals surface area contributed by atoms with Crippen molar-refractivity contribution in [3.63, 3.8) is 0 Å². The van der Waals surface area contributed by atoms with Gasteiger partial charge in [-0.05, 0) is 12.1 Å². The normalized spacial score (nSPS) is 13.8. The van der Waals surface area contributed by atoms with E-state index in [2.05, 4.69) is 25.9 Å². The standard InChI is InChI=1S/C11H8F3N3O2.C9H17N5O/c12-11(13,14)6-16-9-3-7(1-2-15-9)10-17-8(4-18)5-19-10;1-11-6-7(12-2)8(10)14-5-4-13(3)9(14)15/h1-5H,6H2,(H,15,16);6,10-12H,4-5H2,1-3H3/b;7-6+,10-8?. The summed E-state index contributed by atoms with van der Waals surface area (Å²) >= 11 is 0. The Morgan fingerprint density at radius 3 is 2.59 bits per heavy atom. The van der Waals surface area contributed by atoms with Gasteiger partial charge in [-0.2, -0.15) is 13.2 Å². The molecular formula is C20H25F3N8O3. The minimum absolute atomic E-state index is 0.0423. The molecule has 1 aliphatic rings. The van der Waals surface area contributed by atoms with Crippen LogP contribution in [0.15, 0.2) is 40.9 Å². The zero-order chi connectivity index (χ0) is 25.3. The molecule has 184 valence electrons. The van der Waals surface area contributed by atoms with Crippen LogP contribution in [0.25, 0.3) is 11.5 Å². The van der Waals surface area contributed by atoms with Gasteiger partial charge < -0.3 is 25.3 Å². The van der Waals surface area contributed by atoms with Gasteiger partial charge in [0.25, 0.3) is 0 Å². The van der Waals surface area contributed by atoms with Gasteiger partial charge in [0.2, 0.25) is 5.89 Å². The first-order chi connectivity index (χ1) is 16.1. The maximum Gasteiger partial charge on any atom is 0.405 e. The van der Waals surface area contributed by atoms with Crippen LogP contribution >= 0.6 is 0 Å². The largest absolute Gasteiger partial charge is 0.444 e. The summed E-state index contributed by atoms with van der Waals surface area (Å²) in [5, 5.41) is 15.7. The molecule has 0 radical (unpaired) electrons. The molecule has 0 bridgehead atoms. The number of aldehydes is 1. The quantitative estimate of drug-likeness (QED) is 0.267. The number of amidine groups is 1. The number of likely N-dealkylation sites (N-methyl/N-ethyl adjacent to an activating group) is 2. The molecule has 3 heterocycles. The van der Waals surface area contributed by atoms with Crippen LogP contribution in [0.5, 0.6) is 0 Å². The summed E-state index contributed by atoms with van der Waals surface area (Å²) in [6.45, 7) is 0.0449. The lowest BCUT2D eigenvalue weighted by atomic mass is 10.2. The van der Waals surface area contributed by atoms with Gasteiger partial charge in [-0.15, -0.1) is 0 Å². The third-order valence-corrected chi connectivity index (χ3v) is 4.42. The molecular weight excluding hydrogens is 457 g/mol. The first kappa shape index (κ1) is 26.2. The van der Waals surface area contributed by atoms with Crippen LogP contribution < -0.4 is 16.0 Å². The molecule has 2 aromatic rings. The zero-order valence-corrected chi connectivity index (χ0v) is 18.7. The molecule has 2 amide bonds. The highest BCUT2D eigenvalue weighted by molar-refractivity contribution is 6.05. The Morgan fingerprint density at radius 2 is 2.06 bits per heavy atom. The highest BCUT2D eigenvalue weighted by Gasteiger charge is 2.29. The van der Waals surface area contributed by atoms with Gasteiger partial charge in [0, 0.05) is 52.2 Å². The van der Waals surface area contributed by atoms with Gasteiger partial charge in [0.15, 0.2) is 12.1 Å². The Labute approximate surface area is 193 Å². The molecule has 0 unspecified atom stereocenters. The average molecular weight is 482 g/mol. The summed E-state index contributed by atoms with van der Waals surface area (Å²) in [5.74, 6) is 0.376. The van der Waals surface area contributed by atoms with E-state index in [9.17, 15) is 22.8 Å². The molecule has 14 heteroatoms. The maximum atomic E-state index is 12.1. The number of hydrogen-bond donors (Lipinski definition) is 4. The predicted octanol–water partition coefficient (Wildman–Crippen LogP) is 2.13. The number of carbonyl (C=O) groups excluding carboxylic acids is 2. The van der Waals surface area contributed by atoms with Crippen LogP contribution in [-0.2, 0) is 0 Å². The summed E-state index contributed by atoms with van der Waals surface area (Å²) < 4.78 is 41.2. The Balaban J connectivity index is 0.000000248. The van der Waals surface area contributed by atoms with E-state index in [4.69, 9.17) is 9.83 Å². The van der Waals surface area contributed by atoms with Crippen molar-refractivity contribution < 1.29 is 27.2 Å². The van der Waals surface area contributed by atoms with Crippen LogP contribution in [0.4, 0.5) is 23.8 Å². The number of urea groups is 1. The van der Waals surface area contributed by atoms with Crippen molar-refractivity contribution >= 4 is 24.0 Å². The van der Waals surface area contributed by atoms with E-state index in [1.54, 1.807) is 32.2 Å². The number of halogens is 3. The highest BCUT2D eigenvalue weighted by atomic mass is 19.4. The maximum absolute atomic E-state index is 12.1. The van der Waals surface area contributed by atoms with Crippen molar-refractivity contribution in [3.05, 3.63) is 42.2 Å². The van der Waals surface area contributed by atoms with Crippen LogP contribution in [-0.4, -0.2) is 84.9 Å². The second-order valence-electron chi connectivity index (χ2n) is 6.89. The number of nitrogens with one attached hydrogen (secondary N) is 4. The molecule has 0 atom stereocenters. The van der Waals surface area contributed by atoms with Crippen LogP contribution in [0.3, 0.4) is 0 Å². The molecule has 1 saturated heterocycles. The Kier molecular flexibility index (Phi) is 8.98. The van der Waals surface area contributed by atoms with Gasteiger partial charge >= 0.3 is 12.2 Å². The van der Waals surface area contributed by atoms with E-state index in [0.29, 0.717) is 30.6 Å². The second-order valence-corrected chi connectivity index (χ2v) is 6.89. The SMILES string of the molecule is CN/C=C(/NC)C(=N)N1CCN(C)C1=O.O=Cc1coc(-c2ccnc(NCC(F)(F)F)c2)n1. The highest BCUT2D eigenvalue weighted by Crippen LogP contribution is 2.21. The number of anilines is 1. The smallest absolute Gasteiger partial charge is 0.405 e. The summed E-state index contributed by atoms with van der Waals surface area (Å²) in [6.07, 6.45) is 0.320. The van der Waals surface area contributed by atoms with Gasteiger partial charge in [-0.1, -0.05) is 0 Å². The topological polar surface area (TPSA) is 139 Å². The van der Waals surface area contributed by atoms with Crippen molar-refractivity contribution in [2.45, 2.75) is 6.18 Å². The zero-order valence-electron chi connectivity index (χ0n) is 18.7. The fraction of sp³-hybridized carbons (Fsp3) is 0.350. The number of carbonyl (C=O) groups is 2.